The highest BCUT2D eigenvalue weighted by Gasteiger charge is 2.26. The first-order valence-corrected chi connectivity index (χ1v) is 10.6. The number of aromatic nitrogens is 2. The van der Waals surface area contributed by atoms with Crippen LogP contribution in [-0.4, -0.2) is 39.5 Å². The second-order valence-corrected chi connectivity index (χ2v) is 8.57. The Morgan fingerprint density at radius 1 is 1.21 bits per heavy atom. The standard InChI is InChI=1S/C23H34N4O/c1-18(2)8-9-19-10-12-27(13-11-19)23(28)22(24)14-21-16-26(17-25-21)15-20-6-4-3-5-7-20/h3-7,16-19,22H,8-15,24H2,1-2H3/t22-/m0/s1. The van der Waals surface area contributed by atoms with Crippen molar-refractivity contribution in [2.75, 3.05) is 13.1 Å². The van der Waals surface area contributed by atoms with Gasteiger partial charge in [-0.3, -0.25) is 4.79 Å². The third-order valence-corrected chi connectivity index (χ3v) is 5.72. The highest BCUT2D eigenvalue weighted by molar-refractivity contribution is 5.82. The van der Waals surface area contributed by atoms with Crippen molar-refractivity contribution in [3.8, 4) is 0 Å². The van der Waals surface area contributed by atoms with Gasteiger partial charge in [0.2, 0.25) is 5.91 Å². The maximum absolute atomic E-state index is 12.7. The highest BCUT2D eigenvalue weighted by atomic mass is 16.2. The Morgan fingerprint density at radius 3 is 2.61 bits per heavy atom. The molecule has 0 bridgehead atoms. The van der Waals surface area contributed by atoms with Crippen molar-refractivity contribution in [2.24, 2.45) is 17.6 Å². The number of nitrogens with zero attached hydrogens (tertiary/aromatic N) is 3. The van der Waals surface area contributed by atoms with Gasteiger partial charge in [-0.25, -0.2) is 4.98 Å². The molecule has 0 saturated carbocycles. The van der Waals surface area contributed by atoms with Crippen LogP contribution in [-0.2, 0) is 17.8 Å². The normalized spacial score (nSPS) is 16.5. The van der Waals surface area contributed by atoms with Crippen molar-refractivity contribution in [3.63, 3.8) is 0 Å². The summed E-state index contributed by atoms with van der Waals surface area (Å²) in [6.45, 7) is 7.02. The fraction of sp³-hybridized carbons (Fsp3) is 0.565. The van der Waals surface area contributed by atoms with Crippen LogP contribution in [0.2, 0.25) is 0 Å². The van der Waals surface area contributed by atoms with Gasteiger partial charge in [0.15, 0.2) is 0 Å². The lowest BCUT2D eigenvalue weighted by atomic mass is 9.89. The fourth-order valence-corrected chi connectivity index (χ4v) is 3.95. The van der Waals surface area contributed by atoms with Crippen LogP contribution in [0.15, 0.2) is 42.9 Å². The van der Waals surface area contributed by atoms with Crippen LogP contribution in [0.5, 0.6) is 0 Å². The molecule has 3 rings (SSSR count). The monoisotopic (exact) mass is 382 g/mol. The maximum Gasteiger partial charge on any atom is 0.239 e. The van der Waals surface area contributed by atoms with Gasteiger partial charge >= 0.3 is 0 Å². The van der Waals surface area contributed by atoms with Crippen LogP contribution in [0.4, 0.5) is 0 Å². The lowest BCUT2D eigenvalue weighted by Gasteiger charge is -2.33. The van der Waals surface area contributed by atoms with Gasteiger partial charge in [-0.15, -0.1) is 0 Å². The Bertz CT molecular complexity index is 732. The molecule has 1 aromatic carbocycles. The third kappa shape index (κ3) is 5.93. The number of carbonyl (C=O) groups is 1. The van der Waals surface area contributed by atoms with E-state index in [1.807, 2.05) is 40.2 Å². The maximum atomic E-state index is 12.7. The van der Waals surface area contributed by atoms with Crippen molar-refractivity contribution >= 4 is 5.91 Å². The van der Waals surface area contributed by atoms with Gasteiger partial charge in [-0.1, -0.05) is 57.0 Å². The Hall–Kier alpha value is -2.14. The summed E-state index contributed by atoms with van der Waals surface area (Å²) in [6, 6.07) is 9.77. The van der Waals surface area contributed by atoms with Crippen LogP contribution < -0.4 is 5.73 Å². The van der Waals surface area contributed by atoms with Gasteiger partial charge < -0.3 is 15.2 Å². The van der Waals surface area contributed by atoms with E-state index in [1.165, 1.54) is 18.4 Å². The minimum Gasteiger partial charge on any atom is -0.341 e. The zero-order valence-electron chi connectivity index (χ0n) is 17.3. The number of carbonyl (C=O) groups excluding carboxylic acids is 1. The third-order valence-electron chi connectivity index (χ3n) is 5.72. The minimum absolute atomic E-state index is 0.0694. The average Bonchev–Trinajstić information content (AvgIpc) is 3.13. The van der Waals surface area contributed by atoms with Crippen LogP contribution in [0, 0.1) is 11.8 Å². The molecule has 0 aliphatic carbocycles. The second-order valence-electron chi connectivity index (χ2n) is 8.57. The zero-order valence-corrected chi connectivity index (χ0v) is 17.3. The van der Waals surface area contributed by atoms with E-state index in [1.54, 1.807) is 0 Å². The highest BCUT2D eigenvalue weighted by Crippen LogP contribution is 2.24. The van der Waals surface area contributed by atoms with E-state index in [4.69, 9.17) is 5.73 Å². The van der Waals surface area contributed by atoms with Gasteiger partial charge in [0.1, 0.15) is 0 Å². The average molecular weight is 383 g/mol. The van der Waals surface area contributed by atoms with Crippen molar-refractivity contribution in [1.82, 2.24) is 14.5 Å². The molecule has 28 heavy (non-hydrogen) atoms. The molecule has 5 heteroatoms. The number of imidazole rings is 1. The molecule has 1 fully saturated rings. The van der Waals surface area contributed by atoms with E-state index in [2.05, 4.69) is 31.0 Å². The van der Waals surface area contributed by atoms with Gasteiger partial charge in [0.05, 0.1) is 18.1 Å². The van der Waals surface area contributed by atoms with Crippen LogP contribution >= 0.6 is 0 Å². The number of hydrogen-bond donors (Lipinski definition) is 1. The summed E-state index contributed by atoms with van der Waals surface area (Å²) < 4.78 is 2.04. The molecule has 5 nitrogen and oxygen atoms in total. The van der Waals surface area contributed by atoms with Crippen LogP contribution in [0.3, 0.4) is 0 Å². The molecule has 1 aliphatic heterocycles. The summed E-state index contributed by atoms with van der Waals surface area (Å²) >= 11 is 0. The number of likely N-dealkylation sites (tertiary alicyclic amines) is 1. The molecule has 1 aromatic heterocycles. The number of piperidine rings is 1. The number of rotatable bonds is 8. The van der Waals surface area contributed by atoms with Crippen molar-refractivity contribution < 1.29 is 4.79 Å². The lowest BCUT2D eigenvalue weighted by molar-refractivity contribution is -0.134. The van der Waals surface area contributed by atoms with Gasteiger partial charge in [-0.2, -0.15) is 0 Å². The summed E-state index contributed by atoms with van der Waals surface area (Å²) in [6.07, 6.45) is 9.09. The summed E-state index contributed by atoms with van der Waals surface area (Å²) in [5.41, 5.74) is 8.34. The Balaban J connectivity index is 1.46. The topological polar surface area (TPSA) is 64.2 Å². The fourth-order valence-electron chi connectivity index (χ4n) is 3.95. The molecule has 1 atom stereocenters. The molecule has 2 aromatic rings. The predicted octanol–water partition coefficient (Wildman–Crippen LogP) is 3.48. The molecule has 0 spiro atoms. The second kappa shape index (κ2) is 9.87. The number of hydrogen-bond acceptors (Lipinski definition) is 3. The Morgan fingerprint density at radius 2 is 1.93 bits per heavy atom. The Kier molecular flexibility index (Phi) is 7.26. The van der Waals surface area contributed by atoms with E-state index in [-0.39, 0.29) is 5.91 Å². The van der Waals surface area contributed by atoms with Gasteiger partial charge in [-0.05, 0) is 30.2 Å². The van der Waals surface area contributed by atoms with E-state index in [0.29, 0.717) is 6.42 Å². The molecule has 2 N–H and O–H groups in total. The zero-order chi connectivity index (χ0) is 19.9. The molecular formula is C23H34N4O. The molecule has 2 heterocycles. The van der Waals surface area contributed by atoms with Crippen LogP contribution in [0.1, 0.15) is 50.8 Å². The predicted molar refractivity (Wildman–Crippen MR) is 113 cm³/mol. The summed E-state index contributed by atoms with van der Waals surface area (Å²) in [7, 11) is 0. The van der Waals surface area contributed by atoms with E-state index in [0.717, 1.165) is 50.0 Å². The van der Waals surface area contributed by atoms with Crippen molar-refractivity contribution in [1.29, 1.82) is 0 Å². The lowest BCUT2D eigenvalue weighted by Crippen LogP contribution is -2.48. The largest absolute Gasteiger partial charge is 0.341 e. The molecule has 152 valence electrons. The minimum atomic E-state index is -0.507. The number of nitrogens with two attached hydrogens (primary N) is 1. The van der Waals surface area contributed by atoms with Crippen molar-refractivity contribution in [2.45, 2.75) is 58.5 Å². The number of benzene rings is 1. The SMILES string of the molecule is CC(C)CCC1CCN(C(=O)[C@@H](N)Cc2cn(Cc3ccccc3)cn2)CC1. The molecule has 0 radical (unpaired) electrons. The summed E-state index contributed by atoms with van der Waals surface area (Å²) in [5, 5.41) is 0. The smallest absolute Gasteiger partial charge is 0.239 e. The van der Waals surface area contributed by atoms with E-state index in [9.17, 15) is 4.79 Å². The number of amides is 1. The summed E-state index contributed by atoms with van der Waals surface area (Å²) in [4.78, 5) is 19.1. The molecular weight excluding hydrogens is 348 g/mol. The first-order chi connectivity index (χ1) is 13.5. The van der Waals surface area contributed by atoms with Crippen molar-refractivity contribution in [3.05, 3.63) is 54.1 Å². The van der Waals surface area contributed by atoms with Gasteiger partial charge in [0.25, 0.3) is 0 Å². The first-order valence-electron chi connectivity index (χ1n) is 10.6. The van der Waals surface area contributed by atoms with Crippen LogP contribution in [0.25, 0.3) is 0 Å². The molecule has 1 saturated heterocycles. The molecule has 1 aliphatic rings. The van der Waals surface area contributed by atoms with Gasteiger partial charge in [0, 0.05) is 32.3 Å². The Labute approximate surface area is 168 Å². The van der Waals surface area contributed by atoms with E-state index < -0.39 is 6.04 Å². The molecule has 1 amide bonds. The first kappa shape index (κ1) is 20.6. The van der Waals surface area contributed by atoms with E-state index >= 15 is 0 Å². The quantitative estimate of drug-likeness (QED) is 0.760. The molecule has 0 unspecified atom stereocenters. The summed E-state index contributed by atoms with van der Waals surface area (Å²) in [5.74, 6) is 1.59.